The summed E-state index contributed by atoms with van der Waals surface area (Å²) in [4.78, 5) is 27.3. The van der Waals surface area contributed by atoms with E-state index in [4.69, 9.17) is 4.74 Å². The zero-order chi connectivity index (χ0) is 18.5. The number of rotatable bonds is 4. The molecular weight excluding hydrogens is 330 g/mol. The molecule has 1 aliphatic rings. The molecule has 1 saturated heterocycles. The lowest BCUT2D eigenvalue weighted by Crippen LogP contribution is -3.19. The Hall–Kier alpha value is -2.60. The minimum Gasteiger partial charge on any atom is -0.450 e. The van der Waals surface area contributed by atoms with Gasteiger partial charge in [0.1, 0.15) is 0 Å². The lowest BCUT2D eigenvalue weighted by atomic mass is 10.1. The van der Waals surface area contributed by atoms with Crippen LogP contribution in [0, 0.1) is 0 Å². The molecule has 0 spiro atoms. The van der Waals surface area contributed by atoms with E-state index in [-0.39, 0.29) is 18.0 Å². The Morgan fingerprint density at radius 3 is 2.54 bits per heavy atom. The molecule has 2 aromatic carbocycles. The smallest absolute Gasteiger partial charge is 0.410 e. The SMILES string of the molecule is CCOC(=O)N1CC[NH+]([C@H](C)C(=O)Nc2ccc3ccccc3c2)CC1. The number of benzene rings is 2. The lowest BCUT2D eigenvalue weighted by molar-refractivity contribution is -0.917. The van der Waals surface area contributed by atoms with E-state index in [1.54, 1.807) is 11.8 Å². The molecular formula is C20H26N3O3+. The van der Waals surface area contributed by atoms with Gasteiger partial charge in [0.25, 0.3) is 5.91 Å². The summed E-state index contributed by atoms with van der Waals surface area (Å²) in [6, 6.07) is 13.8. The van der Waals surface area contributed by atoms with Crippen LogP contribution in [0.5, 0.6) is 0 Å². The maximum absolute atomic E-state index is 12.6. The first-order valence-corrected chi connectivity index (χ1v) is 9.14. The van der Waals surface area contributed by atoms with Gasteiger partial charge in [-0.1, -0.05) is 30.3 Å². The minimum atomic E-state index is -0.264. The molecule has 1 fully saturated rings. The average molecular weight is 356 g/mol. The third-order valence-corrected chi connectivity index (χ3v) is 4.95. The Balaban J connectivity index is 1.57. The van der Waals surface area contributed by atoms with Gasteiger partial charge in [0.2, 0.25) is 0 Å². The van der Waals surface area contributed by atoms with E-state index in [9.17, 15) is 9.59 Å². The first-order valence-electron chi connectivity index (χ1n) is 9.14. The summed E-state index contributed by atoms with van der Waals surface area (Å²) in [5, 5.41) is 5.28. The summed E-state index contributed by atoms with van der Waals surface area (Å²) in [6.07, 6.45) is -0.264. The third-order valence-electron chi connectivity index (χ3n) is 4.95. The van der Waals surface area contributed by atoms with Gasteiger partial charge < -0.3 is 15.0 Å². The molecule has 0 radical (unpaired) electrons. The largest absolute Gasteiger partial charge is 0.450 e. The number of carbonyl (C=O) groups excluding carboxylic acids is 2. The molecule has 26 heavy (non-hydrogen) atoms. The van der Waals surface area contributed by atoms with Crippen molar-refractivity contribution >= 4 is 28.5 Å². The number of piperazine rings is 1. The first kappa shape index (κ1) is 18.2. The van der Waals surface area contributed by atoms with Crippen molar-refractivity contribution in [2.45, 2.75) is 19.9 Å². The summed E-state index contributed by atoms with van der Waals surface area (Å²) in [6.45, 7) is 6.83. The number of hydrogen-bond acceptors (Lipinski definition) is 3. The van der Waals surface area contributed by atoms with Crippen LogP contribution >= 0.6 is 0 Å². The number of nitrogens with one attached hydrogen (secondary N) is 2. The Labute approximate surface area is 153 Å². The van der Waals surface area contributed by atoms with Crippen LogP contribution in [-0.4, -0.2) is 55.7 Å². The van der Waals surface area contributed by atoms with Gasteiger partial charge in [-0.25, -0.2) is 4.79 Å². The van der Waals surface area contributed by atoms with E-state index in [1.807, 2.05) is 43.3 Å². The summed E-state index contributed by atoms with van der Waals surface area (Å²) in [5.74, 6) is -0.000124. The van der Waals surface area contributed by atoms with E-state index in [0.29, 0.717) is 19.7 Å². The van der Waals surface area contributed by atoms with Crippen molar-refractivity contribution in [1.29, 1.82) is 0 Å². The average Bonchev–Trinajstić information content (AvgIpc) is 2.67. The van der Waals surface area contributed by atoms with Gasteiger partial charge in [0.15, 0.2) is 6.04 Å². The van der Waals surface area contributed by atoms with Gasteiger partial charge in [-0.15, -0.1) is 0 Å². The zero-order valence-corrected chi connectivity index (χ0v) is 15.3. The molecule has 1 aliphatic heterocycles. The predicted molar refractivity (Wildman–Crippen MR) is 101 cm³/mol. The quantitative estimate of drug-likeness (QED) is 0.873. The normalized spacial score (nSPS) is 16.3. The highest BCUT2D eigenvalue weighted by atomic mass is 16.6. The fourth-order valence-electron chi connectivity index (χ4n) is 3.33. The molecule has 0 unspecified atom stereocenters. The monoisotopic (exact) mass is 356 g/mol. The van der Waals surface area contributed by atoms with Crippen LogP contribution in [0.2, 0.25) is 0 Å². The van der Waals surface area contributed by atoms with E-state index in [2.05, 4.69) is 11.4 Å². The standard InChI is InChI=1S/C20H25N3O3/c1-3-26-20(25)23-12-10-22(11-13-23)15(2)19(24)21-18-9-8-16-6-4-5-7-17(16)14-18/h4-9,14-15H,3,10-13H2,1-2H3,(H,21,24)/p+1/t15-/m1/s1. The number of quaternary nitrogens is 1. The van der Waals surface area contributed by atoms with Crippen LogP contribution < -0.4 is 10.2 Å². The molecule has 0 saturated carbocycles. The minimum absolute atomic E-state index is 0.000124. The van der Waals surface area contributed by atoms with Gasteiger partial charge >= 0.3 is 6.09 Å². The number of anilines is 1. The van der Waals surface area contributed by atoms with Gasteiger partial charge in [-0.2, -0.15) is 0 Å². The van der Waals surface area contributed by atoms with Crippen molar-refractivity contribution in [1.82, 2.24) is 4.90 Å². The van der Waals surface area contributed by atoms with E-state index in [0.717, 1.165) is 29.5 Å². The molecule has 0 bridgehead atoms. The topological polar surface area (TPSA) is 63.1 Å². The lowest BCUT2D eigenvalue weighted by Gasteiger charge is -2.34. The summed E-state index contributed by atoms with van der Waals surface area (Å²) < 4.78 is 5.04. The molecule has 6 nitrogen and oxygen atoms in total. The number of fused-ring (bicyclic) bond motifs is 1. The molecule has 3 rings (SSSR count). The Bertz CT molecular complexity index is 785. The highest BCUT2D eigenvalue weighted by Gasteiger charge is 2.31. The number of nitrogens with zero attached hydrogens (tertiary/aromatic N) is 1. The van der Waals surface area contributed by atoms with Crippen molar-refractivity contribution in [3.8, 4) is 0 Å². The van der Waals surface area contributed by atoms with Crippen molar-refractivity contribution in [3.05, 3.63) is 42.5 Å². The summed E-state index contributed by atoms with van der Waals surface area (Å²) >= 11 is 0. The summed E-state index contributed by atoms with van der Waals surface area (Å²) in [7, 11) is 0. The van der Waals surface area contributed by atoms with Crippen LogP contribution in [-0.2, 0) is 9.53 Å². The van der Waals surface area contributed by atoms with E-state index in [1.165, 1.54) is 4.90 Å². The third kappa shape index (κ3) is 4.14. The molecule has 6 heteroatoms. The highest BCUT2D eigenvalue weighted by Crippen LogP contribution is 2.18. The number of hydrogen-bond donors (Lipinski definition) is 2. The Kier molecular flexibility index (Phi) is 5.73. The first-order chi connectivity index (χ1) is 12.6. The molecule has 2 N–H and O–H groups in total. The zero-order valence-electron chi connectivity index (χ0n) is 15.3. The molecule has 2 aromatic rings. The number of amides is 2. The Morgan fingerprint density at radius 1 is 1.15 bits per heavy atom. The maximum atomic E-state index is 12.6. The molecule has 0 aliphatic carbocycles. The molecule has 0 aromatic heterocycles. The highest BCUT2D eigenvalue weighted by molar-refractivity contribution is 5.96. The molecule has 2 amide bonds. The molecule has 138 valence electrons. The fourth-order valence-corrected chi connectivity index (χ4v) is 3.33. The van der Waals surface area contributed by atoms with E-state index < -0.39 is 0 Å². The Morgan fingerprint density at radius 2 is 1.85 bits per heavy atom. The fraction of sp³-hybridized carbons (Fsp3) is 0.400. The second-order valence-corrected chi connectivity index (χ2v) is 6.62. The van der Waals surface area contributed by atoms with Crippen LogP contribution in [0.1, 0.15) is 13.8 Å². The van der Waals surface area contributed by atoms with Crippen molar-refractivity contribution < 1.29 is 19.2 Å². The van der Waals surface area contributed by atoms with Crippen molar-refractivity contribution in [2.75, 3.05) is 38.1 Å². The predicted octanol–water partition coefficient (Wildman–Crippen LogP) is 1.52. The van der Waals surface area contributed by atoms with Gasteiger partial charge in [-0.05, 0) is 36.8 Å². The summed E-state index contributed by atoms with van der Waals surface area (Å²) in [5.41, 5.74) is 0.810. The number of ether oxygens (including phenoxy) is 1. The number of carbonyl (C=O) groups is 2. The van der Waals surface area contributed by atoms with Gasteiger partial charge in [0, 0.05) is 5.69 Å². The van der Waals surface area contributed by atoms with E-state index >= 15 is 0 Å². The van der Waals surface area contributed by atoms with Crippen molar-refractivity contribution in [3.63, 3.8) is 0 Å². The van der Waals surface area contributed by atoms with Gasteiger partial charge in [-0.3, -0.25) is 9.69 Å². The second-order valence-electron chi connectivity index (χ2n) is 6.62. The second kappa shape index (κ2) is 8.19. The van der Waals surface area contributed by atoms with Crippen LogP contribution in [0.4, 0.5) is 10.5 Å². The van der Waals surface area contributed by atoms with Crippen LogP contribution in [0.15, 0.2) is 42.5 Å². The van der Waals surface area contributed by atoms with Gasteiger partial charge in [0.05, 0.1) is 32.8 Å². The molecule has 1 atom stereocenters. The molecule has 1 heterocycles. The maximum Gasteiger partial charge on any atom is 0.410 e. The van der Waals surface area contributed by atoms with Crippen LogP contribution in [0.25, 0.3) is 10.8 Å². The van der Waals surface area contributed by atoms with Crippen LogP contribution in [0.3, 0.4) is 0 Å². The van der Waals surface area contributed by atoms with Crippen molar-refractivity contribution in [2.24, 2.45) is 0 Å².